The van der Waals surface area contributed by atoms with E-state index in [1.165, 1.54) is 24.3 Å². The Labute approximate surface area is 205 Å². The van der Waals surface area contributed by atoms with Crippen molar-refractivity contribution in [1.82, 2.24) is 0 Å². The van der Waals surface area contributed by atoms with Crippen molar-refractivity contribution >= 4 is 27.3 Å². The highest BCUT2D eigenvalue weighted by Gasteiger charge is 2.31. The van der Waals surface area contributed by atoms with Gasteiger partial charge < -0.3 is 19.9 Å². The summed E-state index contributed by atoms with van der Waals surface area (Å²) in [5, 5.41) is 12.8. The molecule has 0 heterocycles. The molecule has 12 heteroatoms. The average molecular weight is 525 g/mol. The van der Waals surface area contributed by atoms with Crippen LogP contribution >= 0.6 is 0 Å². The summed E-state index contributed by atoms with van der Waals surface area (Å²) in [5.41, 5.74) is 1.33. The van der Waals surface area contributed by atoms with Crippen LogP contribution in [0.15, 0.2) is 71.6 Å². The molecular weight excluding hydrogens is 501 g/mol. The molecular formula is C24H23F3N2O6S. The molecule has 192 valence electrons. The summed E-state index contributed by atoms with van der Waals surface area (Å²) in [6, 6.07) is 14.8. The number of hydrogen-bond acceptors (Lipinski definition) is 6. The second kappa shape index (κ2) is 10.9. The van der Waals surface area contributed by atoms with Crippen molar-refractivity contribution in [2.24, 2.45) is 0 Å². The van der Waals surface area contributed by atoms with Crippen LogP contribution < -0.4 is 19.5 Å². The number of aliphatic hydroxyl groups is 1. The van der Waals surface area contributed by atoms with Crippen LogP contribution in [0.25, 0.3) is 0 Å². The van der Waals surface area contributed by atoms with Gasteiger partial charge in [0.05, 0.1) is 12.3 Å². The van der Waals surface area contributed by atoms with E-state index in [9.17, 15) is 31.5 Å². The van der Waals surface area contributed by atoms with Crippen molar-refractivity contribution in [3.05, 3.63) is 77.9 Å². The Kier molecular flexibility index (Phi) is 8.10. The standard InChI is InChI=1S/C24H23F3N2O6S/c1-3-34-20-14-17(28-23(31)22(30)16-9-7-15(2)8-10-16)11-12-21(20)36(32,33)29-18-5-4-6-19(13-18)35-24(25,26)27/h4-14,22,29-30H,3H2,1-2H3,(H,28,31). The van der Waals surface area contributed by atoms with Crippen LogP contribution in [0.3, 0.4) is 0 Å². The lowest BCUT2D eigenvalue weighted by Crippen LogP contribution is -2.21. The fourth-order valence-electron chi connectivity index (χ4n) is 3.15. The first-order chi connectivity index (χ1) is 16.9. The zero-order valence-corrected chi connectivity index (χ0v) is 20.0. The minimum atomic E-state index is -4.94. The van der Waals surface area contributed by atoms with E-state index in [0.29, 0.717) is 5.56 Å². The predicted molar refractivity (Wildman–Crippen MR) is 126 cm³/mol. The molecule has 0 spiro atoms. The highest BCUT2D eigenvalue weighted by molar-refractivity contribution is 7.92. The van der Waals surface area contributed by atoms with Crippen LogP contribution in [-0.2, 0) is 14.8 Å². The summed E-state index contributed by atoms with van der Waals surface area (Å²) >= 11 is 0. The smallest absolute Gasteiger partial charge is 0.492 e. The molecule has 1 unspecified atom stereocenters. The molecule has 0 saturated heterocycles. The Morgan fingerprint density at radius 2 is 1.72 bits per heavy atom. The van der Waals surface area contributed by atoms with Gasteiger partial charge in [0.2, 0.25) is 0 Å². The van der Waals surface area contributed by atoms with Gasteiger partial charge in [0.15, 0.2) is 6.10 Å². The number of hydrogen-bond donors (Lipinski definition) is 3. The molecule has 0 bridgehead atoms. The minimum Gasteiger partial charge on any atom is -0.492 e. The summed E-state index contributed by atoms with van der Waals surface area (Å²) in [6.45, 7) is 3.57. The van der Waals surface area contributed by atoms with Crippen molar-refractivity contribution in [3.63, 3.8) is 0 Å². The Bertz CT molecular complexity index is 1330. The van der Waals surface area contributed by atoms with Crippen LogP contribution in [0.4, 0.5) is 24.5 Å². The minimum absolute atomic E-state index is 0.0841. The lowest BCUT2D eigenvalue weighted by Gasteiger charge is -2.16. The third kappa shape index (κ3) is 7.12. The number of benzene rings is 3. The number of alkyl halides is 3. The third-order valence-electron chi connectivity index (χ3n) is 4.76. The number of halogens is 3. The first-order valence-electron chi connectivity index (χ1n) is 10.6. The Morgan fingerprint density at radius 1 is 1.03 bits per heavy atom. The van der Waals surface area contributed by atoms with Crippen LogP contribution in [0.5, 0.6) is 11.5 Å². The molecule has 3 aromatic rings. The average Bonchev–Trinajstić information content (AvgIpc) is 2.78. The number of rotatable bonds is 9. The van der Waals surface area contributed by atoms with E-state index in [1.54, 1.807) is 31.2 Å². The van der Waals surface area contributed by atoms with Gasteiger partial charge >= 0.3 is 6.36 Å². The predicted octanol–water partition coefficient (Wildman–Crippen LogP) is 4.77. The summed E-state index contributed by atoms with van der Waals surface area (Å²) < 4.78 is 74.8. The maximum absolute atomic E-state index is 13.0. The van der Waals surface area contributed by atoms with Crippen LogP contribution in [0.1, 0.15) is 24.2 Å². The summed E-state index contributed by atoms with van der Waals surface area (Å²) in [5.74, 6) is -1.45. The van der Waals surface area contributed by atoms with Gasteiger partial charge in [-0.2, -0.15) is 0 Å². The van der Waals surface area contributed by atoms with E-state index in [1.807, 2.05) is 6.92 Å². The van der Waals surface area contributed by atoms with E-state index in [4.69, 9.17) is 4.74 Å². The summed E-state index contributed by atoms with van der Waals surface area (Å²) in [7, 11) is -4.31. The number of ether oxygens (including phenoxy) is 2. The van der Waals surface area contributed by atoms with Crippen LogP contribution in [0, 0.1) is 6.92 Å². The Hall–Kier alpha value is -3.77. The molecule has 3 N–H and O–H groups in total. The van der Waals surface area contributed by atoms with E-state index >= 15 is 0 Å². The molecule has 0 saturated carbocycles. The largest absolute Gasteiger partial charge is 0.573 e. The SMILES string of the molecule is CCOc1cc(NC(=O)C(O)c2ccc(C)cc2)ccc1S(=O)(=O)Nc1cccc(OC(F)(F)F)c1. The maximum atomic E-state index is 13.0. The fourth-order valence-corrected chi connectivity index (χ4v) is 4.33. The zero-order chi connectivity index (χ0) is 26.5. The Balaban J connectivity index is 1.82. The van der Waals surface area contributed by atoms with Gasteiger partial charge in [-0.05, 0) is 43.7 Å². The maximum Gasteiger partial charge on any atom is 0.573 e. The number of amides is 1. The van der Waals surface area contributed by atoms with Gasteiger partial charge in [0.1, 0.15) is 16.4 Å². The van der Waals surface area contributed by atoms with E-state index in [-0.39, 0.29) is 28.6 Å². The highest BCUT2D eigenvalue weighted by Crippen LogP contribution is 2.31. The number of sulfonamides is 1. The molecule has 36 heavy (non-hydrogen) atoms. The van der Waals surface area contributed by atoms with Gasteiger partial charge in [0.25, 0.3) is 15.9 Å². The first kappa shape index (κ1) is 26.8. The van der Waals surface area contributed by atoms with Crippen molar-refractivity contribution in [3.8, 4) is 11.5 Å². The first-order valence-corrected chi connectivity index (χ1v) is 12.1. The van der Waals surface area contributed by atoms with E-state index in [0.717, 1.165) is 23.8 Å². The molecule has 3 rings (SSSR count). The second-order valence-corrected chi connectivity index (χ2v) is 9.23. The zero-order valence-electron chi connectivity index (χ0n) is 19.2. The van der Waals surface area contributed by atoms with Crippen LogP contribution in [-0.4, -0.2) is 32.4 Å². The van der Waals surface area contributed by atoms with Gasteiger partial charge in [-0.3, -0.25) is 9.52 Å². The molecule has 8 nitrogen and oxygen atoms in total. The number of carbonyl (C=O) groups is 1. The van der Waals surface area contributed by atoms with Crippen molar-refractivity contribution in [2.75, 3.05) is 16.6 Å². The van der Waals surface area contributed by atoms with Crippen LogP contribution in [0.2, 0.25) is 0 Å². The van der Waals surface area contributed by atoms with Crippen molar-refractivity contribution in [2.45, 2.75) is 31.2 Å². The summed E-state index contributed by atoms with van der Waals surface area (Å²) in [6.07, 6.45) is -6.40. The van der Waals surface area contributed by atoms with Crippen molar-refractivity contribution in [1.29, 1.82) is 0 Å². The number of anilines is 2. The lowest BCUT2D eigenvalue weighted by atomic mass is 10.1. The molecule has 0 aliphatic carbocycles. The summed E-state index contributed by atoms with van der Waals surface area (Å²) in [4.78, 5) is 12.2. The Morgan fingerprint density at radius 3 is 2.36 bits per heavy atom. The molecule has 1 amide bonds. The van der Waals surface area contributed by atoms with Gasteiger partial charge in [-0.15, -0.1) is 13.2 Å². The normalized spacial score (nSPS) is 12.5. The highest BCUT2D eigenvalue weighted by atomic mass is 32.2. The molecule has 0 aliphatic heterocycles. The molecule has 1 atom stereocenters. The van der Waals surface area contributed by atoms with Gasteiger partial charge in [-0.1, -0.05) is 35.9 Å². The topological polar surface area (TPSA) is 114 Å². The monoisotopic (exact) mass is 524 g/mol. The van der Waals surface area contributed by atoms with Gasteiger partial charge in [-0.25, -0.2) is 8.42 Å². The van der Waals surface area contributed by atoms with Gasteiger partial charge in [0, 0.05) is 17.8 Å². The van der Waals surface area contributed by atoms with E-state index in [2.05, 4.69) is 14.8 Å². The third-order valence-corrected chi connectivity index (χ3v) is 6.18. The lowest BCUT2D eigenvalue weighted by molar-refractivity contribution is -0.274. The van der Waals surface area contributed by atoms with E-state index < -0.39 is 34.1 Å². The molecule has 0 radical (unpaired) electrons. The number of nitrogens with one attached hydrogen (secondary N) is 2. The number of carbonyl (C=O) groups excluding carboxylic acids is 1. The molecule has 0 aromatic heterocycles. The van der Waals surface area contributed by atoms with Crippen molar-refractivity contribution < 1.29 is 41.0 Å². The fraction of sp³-hybridized carbons (Fsp3) is 0.208. The number of aryl methyl sites for hydroxylation is 1. The molecule has 0 aliphatic rings. The number of aliphatic hydroxyl groups excluding tert-OH is 1. The quantitative estimate of drug-likeness (QED) is 0.372. The second-order valence-electron chi connectivity index (χ2n) is 7.58. The molecule has 0 fully saturated rings. The molecule has 3 aromatic carbocycles.